The zero-order valence-electron chi connectivity index (χ0n) is 17.1. The zero-order valence-corrected chi connectivity index (χ0v) is 20.2. The molecule has 30 heavy (non-hydrogen) atoms. The molecule has 1 heterocycles. The lowest BCUT2D eigenvalue weighted by Gasteiger charge is -2.38. The van der Waals surface area contributed by atoms with Crippen molar-refractivity contribution in [2.24, 2.45) is 4.99 Å². The first-order chi connectivity index (χ1) is 13.7. The second-order valence-electron chi connectivity index (χ2n) is 6.56. The molecule has 12 heteroatoms. The molecule has 0 radical (unpaired) electrons. The Balaban J connectivity index is 0.00000450. The van der Waals surface area contributed by atoms with Crippen molar-refractivity contribution in [3.63, 3.8) is 0 Å². The van der Waals surface area contributed by atoms with Gasteiger partial charge >= 0.3 is 6.18 Å². The van der Waals surface area contributed by atoms with Crippen LogP contribution in [0.15, 0.2) is 29.3 Å². The summed E-state index contributed by atoms with van der Waals surface area (Å²) in [6, 6.07) is 5.36. The molecular weight excluding hydrogens is 534 g/mol. The lowest BCUT2D eigenvalue weighted by Crippen LogP contribution is -2.52. The molecule has 1 fully saturated rings. The Morgan fingerprint density at radius 2 is 1.83 bits per heavy atom. The van der Waals surface area contributed by atoms with Gasteiger partial charge in [-0.2, -0.15) is 13.2 Å². The van der Waals surface area contributed by atoms with Gasteiger partial charge in [0.05, 0.1) is 17.9 Å². The summed E-state index contributed by atoms with van der Waals surface area (Å²) in [5.41, 5.74) is -0.0998. The van der Waals surface area contributed by atoms with Crippen LogP contribution in [0.5, 0.6) is 0 Å². The Morgan fingerprint density at radius 3 is 2.40 bits per heavy atom. The van der Waals surface area contributed by atoms with Crippen molar-refractivity contribution in [1.82, 2.24) is 14.9 Å². The van der Waals surface area contributed by atoms with Crippen molar-refractivity contribution in [3.8, 4) is 0 Å². The number of halogens is 4. The van der Waals surface area contributed by atoms with Gasteiger partial charge in [0, 0.05) is 45.0 Å². The van der Waals surface area contributed by atoms with E-state index in [2.05, 4.69) is 15.0 Å². The Hall–Kier alpha value is -1.28. The third kappa shape index (κ3) is 8.10. The fourth-order valence-electron chi connectivity index (χ4n) is 2.95. The van der Waals surface area contributed by atoms with Crippen molar-refractivity contribution in [3.05, 3.63) is 29.8 Å². The molecule has 1 aliphatic rings. The molecule has 1 saturated heterocycles. The minimum atomic E-state index is -4.36. The maximum atomic E-state index is 12.9. The van der Waals surface area contributed by atoms with Gasteiger partial charge in [0.2, 0.25) is 10.0 Å². The molecule has 1 aromatic carbocycles. The number of nitrogens with one attached hydrogen (secondary N) is 2. The molecule has 7 nitrogen and oxygen atoms in total. The summed E-state index contributed by atoms with van der Waals surface area (Å²) < 4.78 is 64.2. The van der Waals surface area contributed by atoms with Crippen LogP contribution in [0.3, 0.4) is 0 Å². The second kappa shape index (κ2) is 11.9. The SMILES string of the molecule is CCNC(=NCCNS(=O)(=O)CC)N1CCN(c2cccc(C(F)(F)F)c2)CC1.I. The average molecular weight is 563 g/mol. The molecular formula is C18H29F3IN5O2S. The quantitative estimate of drug-likeness (QED) is 0.231. The molecule has 0 bridgehead atoms. The van der Waals surface area contributed by atoms with E-state index in [0.29, 0.717) is 50.9 Å². The van der Waals surface area contributed by atoms with Gasteiger partial charge in [-0.15, -0.1) is 24.0 Å². The molecule has 0 atom stereocenters. The molecule has 0 aliphatic carbocycles. The maximum absolute atomic E-state index is 12.9. The zero-order chi connectivity index (χ0) is 21.5. The molecule has 0 aromatic heterocycles. The molecule has 2 rings (SSSR count). The average Bonchev–Trinajstić information content (AvgIpc) is 2.70. The highest BCUT2D eigenvalue weighted by atomic mass is 127. The van der Waals surface area contributed by atoms with E-state index in [4.69, 9.17) is 0 Å². The monoisotopic (exact) mass is 563 g/mol. The minimum absolute atomic E-state index is 0. The number of hydrogen-bond donors (Lipinski definition) is 2. The van der Waals surface area contributed by atoms with E-state index in [0.717, 1.165) is 6.07 Å². The van der Waals surface area contributed by atoms with Crippen molar-refractivity contribution in [1.29, 1.82) is 0 Å². The summed E-state index contributed by atoms with van der Waals surface area (Å²) in [7, 11) is -3.25. The van der Waals surface area contributed by atoms with Crippen LogP contribution in [0.1, 0.15) is 19.4 Å². The predicted octanol–water partition coefficient (Wildman–Crippen LogP) is 2.35. The highest BCUT2D eigenvalue weighted by Crippen LogP contribution is 2.31. The number of piperazine rings is 1. The second-order valence-corrected chi connectivity index (χ2v) is 8.65. The number of hydrogen-bond acceptors (Lipinski definition) is 4. The molecule has 172 valence electrons. The maximum Gasteiger partial charge on any atom is 0.416 e. The summed E-state index contributed by atoms with van der Waals surface area (Å²) in [6.07, 6.45) is -4.36. The van der Waals surface area contributed by atoms with Crippen LogP contribution < -0.4 is 14.9 Å². The van der Waals surface area contributed by atoms with Crippen molar-refractivity contribution < 1.29 is 21.6 Å². The van der Waals surface area contributed by atoms with Gasteiger partial charge in [-0.05, 0) is 32.0 Å². The summed E-state index contributed by atoms with van der Waals surface area (Å²) in [5.74, 6) is 0.695. The standard InChI is InChI=1S/C18H28F3N5O2S.HI/c1-3-22-17(23-8-9-24-29(27,28)4-2)26-12-10-25(11-13-26)16-7-5-6-15(14-16)18(19,20)21;/h5-7,14,24H,3-4,8-13H2,1-2H3,(H,22,23);1H. The molecule has 0 amide bonds. The van der Waals surface area contributed by atoms with Crippen molar-refractivity contribution in [2.75, 3.05) is 56.5 Å². The van der Waals surface area contributed by atoms with Gasteiger partial charge in [-0.25, -0.2) is 13.1 Å². The molecule has 1 aliphatic heterocycles. The van der Waals surface area contributed by atoms with E-state index in [1.807, 2.05) is 16.7 Å². The van der Waals surface area contributed by atoms with E-state index >= 15 is 0 Å². The van der Waals surface area contributed by atoms with Crippen LogP contribution in [-0.2, 0) is 16.2 Å². The topological polar surface area (TPSA) is 77.0 Å². The highest BCUT2D eigenvalue weighted by Gasteiger charge is 2.31. The van der Waals surface area contributed by atoms with E-state index < -0.39 is 21.8 Å². The first-order valence-electron chi connectivity index (χ1n) is 9.59. The summed E-state index contributed by atoms with van der Waals surface area (Å²) >= 11 is 0. The number of nitrogens with zero attached hydrogens (tertiary/aromatic N) is 3. The number of sulfonamides is 1. The van der Waals surface area contributed by atoms with Gasteiger partial charge in [0.1, 0.15) is 0 Å². The van der Waals surface area contributed by atoms with Gasteiger partial charge in [0.25, 0.3) is 0 Å². The first kappa shape index (κ1) is 26.8. The molecule has 0 spiro atoms. The number of alkyl halides is 3. The van der Waals surface area contributed by atoms with Gasteiger partial charge < -0.3 is 15.1 Å². The largest absolute Gasteiger partial charge is 0.416 e. The van der Waals surface area contributed by atoms with Crippen LogP contribution in [0.2, 0.25) is 0 Å². The Morgan fingerprint density at radius 1 is 1.17 bits per heavy atom. The van der Waals surface area contributed by atoms with Crippen LogP contribution in [-0.4, -0.2) is 70.8 Å². The number of rotatable bonds is 7. The van der Waals surface area contributed by atoms with E-state index in [1.54, 1.807) is 13.0 Å². The molecule has 2 N–H and O–H groups in total. The number of benzene rings is 1. The number of guanidine groups is 1. The lowest BCUT2D eigenvalue weighted by atomic mass is 10.1. The van der Waals surface area contributed by atoms with Crippen LogP contribution in [0, 0.1) is 0 Å². The predicted molar refractivity (Wildman–Crippen MR) is 124 cm³/mol. The smallest absolute Gasteiger partial charge is 0.368 e. The molecule has 0 unspecified atom stereocenters. The third-order valence-corrected chi connectivity index (χ3v) is 5.93. The van der Waals surface area contributed by atoms with Gasteiger partial charge in [0.15, 0.2) is 5.96 Å². The lowest BCUT2D eigenvalue weighted by molar-refractivity contribution is -0.137. The summed E-state index contributed by atoms with van der Waals surface area (Å²) in [6.45, 7) is 7.01. The van der Waals surface area contributed by atoms with Crippen molar-refractivity contribution >= 4 is 45.6 Å². The third-order valence-electron chi connectivity index (χ3n) is 4.53. The van der Waals surface area contributed by atoms with E-state index in [1.165, 1.54) is 12.1 Å². The molecule has 1 aromatic rings. The van der Waals surface area contributed by atoms with Crippen LogP contribution >= 0.6 is 24.0 Å². The minimum Gasteiger partial charge on any atom is -0.368 e. The first-order valence-corrected chi connectivity index (χ1v) is 11.2. The van der Waals surface area contributed by atoms with Crippen molar-refractivity contribution in [2.45, 2.75) is 20.0 Å². The summed E-state index contributed by atoms with van der Waals surface area (Å²) in [4.78, 5) is 8.41. The summed E-state index contributed by atoms with van der Waals surface area (Å²) in [5, 5.41) is 3.18. The van der Waals surface area contributed by atoms with Crippen LogP contribution in [0.25, 0.3) is 0 Å². The number of aliphatic imine (C=N–C) groups is 1. The van der Waals surface area contributed by atoms with Crippen LogP contribution in [0.4, 0.5) is 18.9 Å². The van der Waals surface area contributed by atoms with E-state index in [9.17, 15) is 21.6 Å². The Bertz CT molecular complexity index is 797. The van der Waals surface area contributed by atoms with E-state index in [-0.39, 0.29) is 36.3 Å². The van der Waals surface area contributed by atoms with Gasteiger partial charge in [-0.3, -0.25) is 4.99 Å². The normalized spacial score (nSPS) is 15.7. The fourth-order valence-corrected chi connectivity index (χ4v) is 3.55. The Kier molecular flexibility index (Phi) is 10.6. The van der Waals surface area contributed by atoms with Gasteiger partial charge in [-0.1, -0.05) is 6.07 Å². The Labute approximate surface area is 193 Å². The fraction of sp³-hybridized carbons (Fsp3) is 0.611. The molecule has 0 saturated carbocycles. The highest BCUT2D eigenvalue weighted by molar-refractivity contribution is 14.0. The number of anilines is 1.